The van der Waals surface area contributed by atoms with Gasteiger partial charge in [0, 0.05) is 18.5 Å². The Morgan fingerprint density at radius 1 is 1.26 bits per heavy atom. The molecule has 0 saturated carbocycles. The Morgan fingerprint density at radius 3 is 2.42 bits per heavy atom. The minimum Gasteiger partial charge on any atom is -0.207 e. The molecular formula is C11H11Br2NO2S3. The van der Waals surface area contributed by atoms with Crippen molar-refractivity contribution in [1.82, 2.24) is 4.31 Å². The highest BCUT2D eigenvalue weighted by Gasteiger charge is 2.24. The molecule has 0 fully saturated rings. The predicted octanol–water partition coefficient (Wildman–Crippen LogP) is 4.46. The molecule has 0 amide bonds. The Balaban J connectivity index is 2.27. The number of rotatable bonds is 4. The molecule has 2 aromatic heterocycles. The fraction of sp³-hybridized carbons (Fsp3) is 0.273. The second-order valence-corrected chi connectivity index (χ2v) is 10.9. The van der Waals surface area contributed by atoms with Crippen molar-refractivity contribution in [2.24, 2.45) is 0 Å². The molecule has 0 saturated heterocycles. The molecule has 3 nitrogen and oxygen atoms in total. The first-order chi connectivity index (χ1) is 8.80. The Kier molecular flexibility index (Phi) is 4.90. The number of hydrogen-bond acceptors (Lipinski definition) is 4. The number of aryl methyl sites for hydroxylation is 1. The van der Waals surface area contributed by atoms with Gasteiger partial charge in [-0.25, -0.2) is 8.42 Å². The first-order valence-electron chi connectivity index (χ1n) is 5.26. The lowest BCUT2D eigenvalue weighted by atomic mass is 10.3. The van der Waals surface area contributed by atoms with Gasteiger partial charge in [0.1, 0.15) is 0 Å². The predicted molar refractivity (Wildman–Crippen MR) is 87.4 cm³/mol. The molecule has 0 bridgehead atoms. The molecule has 0 radical (unpaired) electrons. The van der Waals surface area contributed by atoms with Gasteiger partial charge in [0.15, 0.2) is 0 Å². The molecule has 0 aliphatic heterocycles. The van der Waals surface area contributed by atoms with Gasteiger partial charge in [-0.3, -0.25) is 0 Å². The maximum absolute atomic E-state index is 12.5. The van der Waals surface area contributed by atoms with Gasteiger partial charge in [-0.2, -0.15) is 4.31 Å². The summed E-state index contributed by atoms with van der Waals surface area (Å²) in [5.74, 6) is 0. The molecule has 0 aliphatic rings. The summed E-state index contributed by atoms with van der Waals surface area (Å²) in [6.45, 7) is 2.19. The normalized spacial score (nSPS) is 12.3. The van der Waals surface area contributed by atoms with Gasteiger partial charge < -0.3 is 0 Å². The van der Waals surface area contributed by atoms with E-state index in [-0.39, 0.29) is 0 Å². The highest BCUT2D eigenvalue weighted by molar-refractivity contribution is 9.11. The van der Waals surface area contributed by atoms with Crippen LogP contribution in [-0.2, 0) is 16.6 Å². The van der Waals surface area contributed by atoms with Crippen LogP contribution in [0.25, 0.3) is 0 Å². The van der Waals surface area contributed by atoms with Gasteiger partial charge in [0.2, 0.25) is 10.0 Å². The Bertz CT molecular complexity index is 691. The van der Waals surface area contributed by atoms with E-state index in [1.165, 1.54) is 15.6 Å². The molecule has 8 heteroatoms. The van der Waals surface area contributed by atoms with Crippen molar-refractivity contribution in [2.45, 2.75) is 18.4 Å². The van der Waals surface area contributed by atoms with Gasteiger partial charge >= 0.3 is 0 Å². The van der Waals surface area contributed by atoms with E-state index in [1.807, 2.05) is 18.4 Å². The lowest BCUT2D eigenvalue weighted by molar-refractivity contribution is 0.467. The van der Waals surface area contributed by atoms with Gasteiger partial charge in [-0.15, -0.1) is 22.7 Å². The molecule has 2 rings (SSSR count). The second kappa shape index (κ2) is 5.95. The van der Waals surface area contributed by atoms with Crippen LogP contribution in [0.3, 0.4) is 0 Å². The summed E-state index contributed by atoms with van der Waals surface area (Å²) in [5, 5.41) is 1.95. The van der Waals surface area contributed by atoms with Crippen molar-refractivity contribution < 1.29 is 8.42 Å². The summed E-state index contributed by atoms with van der Waals surface area (Å²) in [7, 11) is -1.83. The Hall–Kier alpha value is 0.270. The van der Waals surface area contributed by atoms with Crippen LogP contribution in [0, 0.1) is 6.92 Å². The third kappa shape index (κ3) is 3.48. The quantitative estimate of drug-likeness (QED) is 0.697. The van der Waals surface area contributed by atoms with Crippen LogP contribution in [-0.4, -0.2) is 19.8 Å². The standard InChI is InChI=1S/C11H11Br2NO2S3/c1-7-9(4-11(13)18-7)19(15,16)14(2)5-8-3-10(12)17-6-8/h3-4,6H,5H2,1-2H3. The lowest BCUT2D eigenvalue weighted by Crippen LogP contribution is -2.26. The van der Waals surface area contributed by atoms with Crippen molar-refractivity contribution in [3.8, 4) is 0 Å². The summed E-state index contributed by atoms with van der Waals surface area (Å²) >= 11 is 9.68. The summed E-state index contributed by atoms with van der Waals surface area (Å²) < 4.78 is 28.2. The van der Waals surface area contributed by atoms with Crippen LogP contribution in [0.1, 0.15) is 10.4 Å². The number of halogens is 2. The summed E-state index contributed by atoms with van der Waals surface area (Å²) in [6, 6.07) is 3.60. The van der Waals surface area contributed by atoms with Crippen molar-refractivity contribution in [2.75, 3.05) is 7.05 Å². The Morgan fingerprint density at radius 2 is 1.95 bits per heavy atom. The summed E-state index contributed by atoms with van der Waals surface area (Å²) in [6.07, 6.45) is 0. The van der Waals surface area contributed by atoms with E-state index in [0.29, 0.717) is 11.4 Å². The molecule has 2 heterocycles. The summed E-state index contributed by atoms with van der Waals surface area (Å²) in [4.78, 5) is 1.17. The van der Waals surface area contributed by atoms with Crippen LogP contribution in [0.4, 0.5) is 0 Å². The average Bonchev–Trinajstić information content (AvgIpc) is 2.85. The van der Waals surface area contributed by atoms with Crippen LogP contribution in [0.15, 0.2) is 30.0 Å². The first kappa shape index (κ1) is 15.7. The van der Waals surface area contributed by atoms with Gasteiger partial charge in [0.05, 0.1) is 12.5 Å². The zero-order valence-electron chi connectivity index (χ0n) is 10.2. The maximum atomic E-state index is 12.5. The number of hydrogen-bond donors (Lipinski definition) is 0. The van der Waals surface area contributed by atoms with Crippen LogP contribution in [0.2, 0.25) is 0 Å². The lowest BCUT2D eigenvalue weighted by Gasteiger charge is -2.16. The van der Waals surface area contributed by atoms with Crippen LogP contribution >= 0.6 is 54.5 Å². The third-order valence-corrected chi connectivity index (χ3v) is 7.72. The van der Waals surface area contributed by atoms with Crippen LogP contribution in [0.5, 0.6) is 0 Å². The van der Waals surface area contributed by atoms with Gasteiger partial charge in [-0.1, -0.05) is 0 Å². The summed E-state index contributed by atoms with van der Waals surface area (Å²) in [5.41, 5.74) is 0.981. The first-order valence-corrected chi connectivity index (χ1v) is 9.98. The SMILES string of the molecule is Cc1sc(Br)cc1S(=O)(=O)N(C)Cc1csc(Br)c1. The highest BCUT2D eigenvalue weighted by Crippen LogP contribution is 2.32. The largest absolute Gasteiger partial charge is 0.244 e. The molecule has 0 unspecified atom stereocenters. The van der Waals surface area contributed by atoms with E-state index >= 15 is 0 Å². The van der Waals surface area contributed by atoms with Crippen molar-refractivity contribution in [1.29, 1.82) is 0 Å². The minimum atomic E-state index is -3.43. The van der Waals surface area contributed by atoms with E-state index in [0.717, 1.165) is 18.0 Å². The van der Waals surface area contributed by atoms with Crippen LogP contribution < -0.4 is 0 Å². The number of sulfonamides is 1. The molecule has 0 aromatic carbocycles. The zero-order chi connectivity index (χ0) is 14.2. The number of thiophene rings is 2. The molecule has 0 spiro atoms. The van der Waals surface area contributed by atoms with Crippen molar-refractivity contribution in [3.63, 3.8) is 0 Å². The Labute approximate surface area is 137 Å². The van der Waals surface area contributed by atoms with E-state index < -0.39 is 10.0 Å². The molecule has 19 heavy (non-hydrogen) atoms. The molecule has 0 atom stereocenters. The fourth-order valence-electron chi connectivity index (χ4n) is 1.63. The molecule has 2 aromatic rings. The zero-order valence-corrected chi connectivity index (χ0v) is 15.8. The molecule has 0 N–H and O–H groups in total. The third-order valence-electron chi connectivity index (χ3n) is 2.56. The maximum Gasteiger partial charge on any atom is 0.244 e. The van der Waals surface area contributed by atoms with E-state index in [4.69, 9.17) is 0 Å². The smallest absolute Gasteiger partial charge is 0.207 e. The highest BCUT2D eigenvalue weighted by atomic mass is 79.9. The molecular weight excluding hydrogens is 434 g/mol. The monoisotopic (exact) mass is 443 g/mol. The van der Waals surface area contributed by atoms with Crippen molar-refractivity contribution >= 4 is 64.6 Å². The number of nitrogens with zero attached hydrogens (tertiary/aromatic N) is 1. The van der Waals surface area contributed by atoms with E-state index in [1.54, 1.807) is 24.5 Å². The fourth-order valence-corrected chi connectivity index (χ4v) is 6.36. The topological polar surface area (TPSA) is 37.4 Å². The second-order valence-electron chi connectivity index (χ2n) is 3.99. The minimum absolute atomic E-state index is 0.372. The molecule has 0 aliphatic carbocycles. The van der Waals surface area contributed by atoms with Crippen molar-refractivity contribution in [3.05, 3.63) is 35.5 Å². The van der Waals surface area contributed by atoms with E-state index in [9.17, 15) is 8.42 Å². The van der Waals surface area contributed by atoms with E-state index in [2.05, 4.69) is 31.9 Å². The van der Waals surface area contributed by atoms with Gasteiger partial charge in [0.25, 0.3) is 0 Å². The molecule has 104 valence electrons. The van der Waals surface area contributed by atoms with Gasteiger partial charge in [-0.05, 0) is 61.9 Å². The average molecular weight is 445 g/mol.